The number of anilines is 1. The van der Waals surface area contributed by atoms with Gasteiger partial charge in [0.1, 0.15) is 6.33 Å². The molecular weight excluding hydrogens is 236 g/mol. The Morgan fingerprint density at radius 3 is 2.94 bits per heavy atom. The normalized spacial score (nSPS) is 28.0. The van der Waals surface area contributed by atoms with E-state index in [-0.39, 0.29) is 18.6 Å². The molecule has 0 aromatic carbocycles. The second-order valence-corrected chi connectivity index (χ2v) is 4.60. The monoisotopic (exact) mass is 250 g/mol. The maximum Gasteiger partial charge on any atom is 0.184 e. The van der Waals surface area contributed by atoms with Crippen molar-refractivity contribution in [2.45, 2.75) is 25.0 Å². The number of fused-ring (bicyclic) bond motifs is 1. The molecule has 1 saturated carbocycles. The molecule has 18 heavy (non-hydrogen) atoms. The van der Waals surface area contributed by atoms with Crippen molar-refractivity contribution in [2.75, 3.05) is 12.3 Å². The van der Waals surface area contributed by atoms with Crippen LogP contribution in [-0.4, -0.2) is 47.9 Å². The smallest absolute Gasteiger partial charge is 0.184 e. The molecule has 0 saturated heterocycles. The van der Waals surface area contributed by atoms with E-state index in [1.165, 1.54) is 6.33 Å². The first-order valence-corrected chi connectivity index (χ1v) is 5.81. The fraction of sp³-hybridized carbons (Fsp3) is 0.600. The zero-order chi connectivity index (χ0) is 12.7. The van der Waals surface area contributed by atoms with Gasteiger partial charge >= 0.3 is 0 Å². The van der Waals surface area contributed by atoms with Crippen LogP contribution >= 0.6 is 0 Å². The van der Waals surface area contributed by atoms with Crippen molar-refractivity contribution in [1.82, 2.24) is 25.0 Å². The zero-order valence-corrected chi connectivity index (χ0v) is 9.64. The Bertz CT molecular complexity index is 570. The molecular formula is C10H14N6O2. The number of aliphatic hydroxyl groups excluding tert-OH is 2. The third kappa shape index (κ3) is 1.61. The minimum absolute atomic E-state index is 0.0172. The fourth-order valence-corrected chi connectivity index (χ4v) is 2.50. The van der Waals surface area contributed by atoms with E-state index >= 15 is 0 Å². The van der Waals surface area contributed by atoms with Crippen molar-refractivity contribution in [3.63, 3.8) is 0 Å². The summed E-state index contributed by atoms with van der Waals surface area (Å²) in [5.41, 5.74) is 6.73. The summed E-state index contributed by atoms with van der Waals surface area (Å²) in [5, 5.41) is 27.0. The maximum atomic E-state index is 9.81. The van der Waals surface area contributed by atoms with E-state index in [1.807, 2.05) is 0 Å². The van der Waals surface area contributed by atoms with E-state index in [0.29, 0.717) is 29.8 Å². The second-order valence-electron chi connectivity index (χ2n) is 4.60. The first kappa shape index (κ1) is 11.3. The number of aliphatic hydroxyl groups is 2. The Morgan fingerprint density at radius 2 is 2.22 bits per heavy atom. The lowest BCUT2D eigenvalue weighted by Gasteiger charge is -2.09. The summed E-state index contributed by atoms with van der Waals surface area (Å²) >= 11 is 0. The Kier molecular flexibility index (Phi) is 2.60. The van der Waals surface area contributed by atoms with Crippen molar-refractivity contribution in [3.8, 4) is 0 Å². The molecule has 1 aliphatic rings. The van der Waals surface area contributed by atoms with Crippen LogP contribution < -0.4 is 5.73 Å². The number of aromatic nitrogens is 5. The van der Waals surface area contributed by atoms with Crippen LogP contribution in [0, 0.1) is 5.92 Å². The summed E-state index contributed by atoms with van der Waals surface area (Å²) in [5.74, 6) is 0.178. The highest BCUT2D eigenvalue weighted by Crippen LogP contribution is 2.35. The molecule has 0 amide bonds. The molecule has 0 radical (unpaired) electrons. The first-order chi connectivity index (χ1) is 8.70. The highest BCUT2D eigenvalue weighted by molar-refractivity contribution is 5.80. The molecule has 8 nitrogen and oxygen atoms in total. The number of nitrogens with two attached hydrogens (primary N) is 1. The van der Waals surface area contributed by atoms with Gasteiger partial charge in [-0.25, -0.2) is 14.6 Å². The van der Waals surface area contributed by atoms with Crippen molar-refractivity contribution in [1.29, 1.82) is 0 Å². The number of rotatable bonds is 2. The molecule has 0 aliphatic heterocycles. The van der Waals surface area contributed by atoms with Crippen LogP contribution in [-0.2, 0) is 0 Å². The minimum Gasteiger partial charge on any atom is -0.396 e. The van der Waals surface area contributed by atoms with E-state index in [4.69, 9.17) is 10.8 Å². The van der Waals surface area contributed by atoms with Gasteiger partial charge in [0.15, 0.2) is 17.0 Å². The van der Waals surface area contributed by atoms with Gasteiger partial charge in [0.2, 0.25) is 0 Å². The first-order valence-electron chi connectivity index (χ1n) is 5.81. The maximum absolute atomic E-state index is 9.81. The highest BCUT2D eigenvalue weighted by Gasteiger charge is 2.35. The summed E-state index contributed by atoms with van der Waals surface area (Å²) in [6.45, 7) is -0.0264. The van der Waals surface area contributed by atoms with Gasteiger partial charge < -0.3 is 15.9 Å². The van der Waals surface area contributed by atoms with Gasteiger partial charge in [0.05, 0.1) is 12.1 Å². The van der Waals surface area contributed by atoms with Gasteiger partial charge in [-0.15, -0.1) is 5.10 Å². The minimum atomic E-state index is -0.515. The van der Waals surface area contributed by atoms with Gasteiger partial charge in [-0.2, -0.15) is 0 Å². The van der Waals surface area contributed by atoms with Gasteiger partial charge in [0.25, 0.3) is 0 Å². The molecule has 4 N–H and O–H groups in total. The molecule has 0 bridgehead atoms. The SMILES string of the molecule is Nc1ncnc2c1nnn2[C@H]1C[C@@H](CO)[C@H](O)C1. The van der Waals surface area contributed by atoms with Crippen molar-refractivity contribution in [3.05, 3.63) is 6.33 Å². The molecule has 2 heterocycles. The van der Waals surface area contributed by atoms with Crippen LogP contribution in [0.15, 0.2) is 6.33 Å². The third-order valence-electron chi connectivity index (χ3n) is 3.50. The highest BCUT2D eigenvalue weighted by atomic mass is 16.3. The molecule has 1 aliphatic carbocycles. The van der Waals surface area contributed by atoms with Gasteiger partial charge in [-0.1, -0.05) is 5.21 Å². The van der Waals surface area contributed by atoms with Crippen LogP contribution in [0.25, 0.3) is 11.2 Å². The lowest BCUT2D eigenvalue weighted by atomic mass is 10.1. The summed E-state index contributed by atoms with van der Waals surface area (Å²) in [6, 6.07) is -0.0172. The van der Waals surface area contributed by atoms with Crippen LogP contribution in [0.2, 0.25) is 0 Å². The van der Waals surface area contributed by atoms with Crippen LogP contribution in [0.5, 0.6) is 0 Å². The number of hydrogen-bond acceptors (Lipinski definition) is 7. The molecule has 0 unspecified atom stereocenters. The van der Waals surface area contributed by atoms with E-state index < -0.39 is 6.10 Å². The summed E-state index contributed by atoms with van der Waals surface area (Å²) in [7, 11) is 0. The van der Waals surface area contributed by atoms with Crippen LogP contribution in [0.1, 0.15) is 18.9 Å². The fourth-order valence-electron chi connectivity index (χ4n) is 2.50. The average Bonchev–Trinajstić information content (AvgIpc) is 2.93. The van der Waals surface area contributed by atoms with Crippen LogP contribution in [0.3, 0.4) is 0 Å². The largest absolute Gasteiger partial charge is 0.396 e. The average molecular weight is 250 g/mol. The van der Waals surface area contributed by atoms with E-state index in [1.54, 1.807) is 4.68 Å². The molecule has 1 fully saturated rings. The second kappa shape index (κ2) is 4.14. The number of hydrogen-bond donors (Lipinski definition) is 3. The molecule has 3 atom stereocenters. The Morgan fingerprint density at radius 1 is 1.39 bits per heavy atom. The molecule has 96 valence electrons. The molecule has 3 rings (SSSR count). The Balaban J connectivity index is 1.99. The van der Waals surface area contributed by atoms with Gasteiger partial charge in [-0.05, 0) is 12.8 Å². The third-order valence-corrected chi connectivity index (χ3v) is 3.50. The van der Waals surface area contributed by atoms with Gasteiger partial charge in [0, 0.05) is 12.5 Å². The molecule has 8 heteroatoms. The summed E-state index contributed by atoms with van der Waals surface area (Å²) in [4.78, 5) is 7.98. The number of nitrogens with zero attached hydrogens (tertiary/aromatic N) is 5. The molecule has 0 spiro atoms. The van der Waals surface area contributed by atoms with E-state index in [9.17, 15) is 5.11 Å². The van der Waals surface area contributed by atoms with Crippen molar-refractivity contribution in [2.24, 2.45) is 5.92 Å². The summed E-state index contributed by atoms with van der Waals surface area (Å²) < 4.78 is 1.66. The zero-order valence-electron chi connectivity index (χ0n) is 9.64. The lowest BCUT2D eigenvalue weighted by Crippen LogP contribution is -2.16. The molecule has 2 aromatic heterocycles. The predicted molar refractivity (Wildman–Crippen MR) is 62.4 cm³/mol. The standard InChI is InChI=1S/C10H14N6O2/c11-9-8-10(13-4-12-9)16(15-14-8)6-1-5(3-17)7(18)2-6/h4-7,17-18H,1-3H2,(H2,11,12,13)/t5-,6-,7+/m0/s1. The Labute approximate surface area is 102 Å². The predicted octanol–water partition coefficient (Wildman–Crippen LogP) is -0.892. The lowest BCUT2D eigenvalue weighted by molar-refractivity contribution is 0.0906. The van der Waals surface area contributed by atoms with E-state index in [0.717, 1.165) is 0 Å². The Hall–Kier alpha value is -1.80. The van der Waals surface area contributed by atoms with Crippen LogP contribution in [0.4, 0.5) is 5.82 Å². The topological polar surface area (TPSA) is 123 Å². The number of nitrogen functional groups attached to an aromatic ring is 1. The quantitative estimate of drug-likeness (QED) is 0.631. The van der Waals surface area contributed by atoms with E-state index in [2.05, 4.69) is 20.3 Å². The van der Waals surface area contributed by atoms with Crippen molar-refractivity contribution < 1.29 is 10.2 Å². The van der Waals surface area contributed by atoms with Gasteiger partial charge in [-0.3, -0.25) is 0 Å². The molecule has 2 aromatic rings. The summed E-state index contributed by atoms with van der Waals surface area (Å²) in [6.07, 6.45) is 2.04. The van der Waals surface area contributed by atoms with Crippen molar-refractivity contribution >= 4 is 17.0 Å².